The first-order valence-electron chi connectivity index (χ1n) is 11.0. The number of carbonyl (C=O) groups is 2. The largest absolute Gasteiger partial charge is 0.490 e. The number of nitrogens with one attached hydrogen (secondary N) is 2. The van der Waals surface area contributed by atoms with Gasteiger partial charge in [0.05, 0.1) is 6.54 Å². The highest BCUT2D eigenvalue weighted by Crippen LogP contribution is 2.23. The highest BCUT2D eigenvalue weighted by molar-refractivity contribution is 5.96. The van der Waals surface area contributed by atoms with Crippen LogP contribution in [0.15, 0.2) is 48.5 Å². The fourth-order valence-corrected chi connectivity index (χ4v) is 4.07. The summed E-state index contributed by atoms with van der Waals surface area (Å²) >= 11 is 0. The zero-order chi connectivity index (χ0) is 22.5. The van der Waals surface area contributed by atoms with Crippen LogP contribution in [0.1, 0.15) is 48.0 Å². The van der Waals surface area contributed by atoms with Crippen LogP contribution in [0.4, 0.5) is 10.5 Å². The smallest absolute Gasteiger partial charge is 0.414 e. The number of nitrogen functional groups attached to an aromatic ring is 1. The number of anilines is 1. The summed E-state index contributed by atoms with van der Waals surface area (Å²) in [5.74, 6) is 0.443. The summed E-state index contributed by atoms with van der Waals surface area (Å²) in [6.07, 6.45) is 4.73. The molecule has 2 fully saturated rings. The number of hydrogen-bond donors (Lipinski definition) is 3. The van der Waals surface area contributed by atoms with Gasteiger partial charge in [0.1, 0.15) is 18.2 Å². The number of amidine groups is 1. The van der Waals surface area contributed by atoms with Crippen LogP contribution in [0.5, 0.6) is 5.75 Å². The Morgan fingerprint density at radius 2 is 1.88 bits per heavy atom. The minimum absolute atomic E-state index is 0.0264. The van der Waals surface area contributed by atoms with E-state index < -0.39 is 12.2 Å². The van der Waals surface area contributed by atoms with Crippen molar-refractivity contribution < 1.29 is 19.1 Å². The normalized spacial score (nSPS) is 18.8. The molecule has 1 atom stereocenters. The van der Waals surface area contributed by atoms with Crippen LogP contribution in [0.25, 0.3) is 0 Å². The number of nitrogens with two attached hydrogens (primary N) is 1. The maximum absolute atomic E-state index is 12.6. The number of ether oxygens (including phenoxy) is 2. The summed E-state index contributed by atoms with van der Waals surface area (Å²) in [6.45, 7) is 0.529. The van der Waals surface area contributed by atoms with Gasteiger partial charge in [-0.3, -0.25) is 15.1 Å². The Balaban J connectivity index is 1.32. The van der Waals surface area contributed by atoms with Gasteiger partial charge >= 0.3 is 6.09 Å². The van der Waals surface area contributed by atoms with Gasteiger partial charge in [-0.2, -0.15) is 0 Å². The molecule has 0 bridgehead atoms. The second kappa shape index (κ2) is 9.72. The maximum Gasteiger partial charge on any atom is 0.414 e. The van der Waals surface area contributed by atoms with Crippen molar-refractivity contribution >= 4 is 23.5 Å². The van der Waals surface area contributed by atoms with Crippen molar-refractivity contribution in [2.45, 2.75) is 44.2 Å². The van der Waals surface area contributed by atoms with Gasteiger partial charge in [-0.25, -0.2) is 4.79 Å². The summed E-state index contributed by atoms with van der Waals surface area (Å²) in [4.78, 5) is 26.4. The monoisotopic (exact) mass is 436 g/mol. The lowest BCUT2D eigenvalue weighted by Crippen LogP contribution is -2.36. The molecule has 1 heterocycles. The summed E-state index contributed by atoms with van der Waals surface area (Å²) < 4.78 is 11.2. The van der Waals surface area contributed by atoms with Gasteiger partial charge in [-0.05, 0) is 55.3 Å². The topological polar surface area (TPSA) is 118 Å². The van der Waals surface area contributed by atoms with Crippen LogP contribution < -0.4 is 20.7 Å². The van der Waals surface area contributed by atoms with E-state index in [0.29, 0.717) is 29.1 Å². The summed E-state index contributed by atoms with van der Waals surface area (Å²) in [5.41, 5.74) is 7.29. The Morgan fingerprint density at radius 3 is 2.59 bits per heavy atom. The molecule has 1 unspecified atom stereocenters. The minimum atomic E-state index is -0.449. The number of amides is 2. The minimum Gasteiger partial charge on any atom is -0.490 e. The average Bonchev–Trinajstić information content (AvgIpc) is 3.19. The van der Waals surface area contributed by atoms with Crippen molar-refractivity contribution in [3.63, 3.8) is 0 Å². The third-order valence-electron chi connectivity index (χ3n) is 5.84. The fourth-order valence-electron chi connectivity index (χ4n) is 4.07. The van der Waals surface area contributed by atoms with Crippen molar-refractivity contribution in [3.8, 4) is 5.75 Å². The van der Waals surface area contributed by atoms with Crippen LogP contribution in [0.2, 0.25) is 0 Å². The molecule has 4 rings (SSSR count). The van der Waals surface area contributed by atoms with E-state index in [-0.39, 0.29) is 24.4 Å². The molecule has 1 aliphatic heterocycles. The number of nitrogens with zero attached hydrogens (tertiary/aromatic N) is 1. The Kier molecular flexibility index (Phi) is 6.58. The van der Waals surface area contributed by atoms with Gasteiger partial charge in [-0.15, -0.1) is 0 Å². The van der Waals surface area contributed by atoms with Gasteiger partial charge in [0.25, 0.3) is 5.91 Å². The van der Waals surface area contributed by atoms with Gasteiger partial charge in [0, 0.05) is 22.9 Å². The molecule has 0 spiro atoms. The van der Waals surface area contributed by atoms with Crippen LogP contribution in [0.3, 0.4) is 0 Å². The van der Waals surface area contributed by atoms with Gasteiger partial charge in [0.15, 0.2) is 6.10 Å². The van der Waals surface area contributed by atoms with E-state index in [1.807, 2.05) is 0 Å². The van der Waals surface area contributed by atoms with Crippen molar-refractivity contribution in [2.75, 3.05) is 18.1 Å². The zero-order valence-corrected chi connectivity index (χ0v) is 17.9. The first kappa shape index (κ1) is 21.7. The quantitative estimate of drug-likeness (QED) is 0.454. The van der Waals surface area contributed by atoms with E-state index >= 15 is 0 Å². The molecule has 0 aromatic heterocycles. The number of carbonyl (C=O) groups excluding carboxylic acids is 2. The van der Waals surface area contributed by atoms with E-state index in [1.165, 1.54) is 11.3 Å². The van der Waals surface area contributed by atoms with E-state index in [9.17, 15) is 9.59 Å². The third kappa shape index (κ3) is 5.19. The number of cyclic esters (lactones) is 1. The standard InChI is InChI=1S/C24H28N4O4/c25-22(26)16-9-11-19(12-10-16)28-14-21(32-24(28)30)15-31-20-8-4-5-17(13-20)23(29)27-18-6-2-1-3-7-18/h4-5,8-13,18,21H,1-3,6-7,14-15H2,(H3,25,26)(H,27,29). The predicted molar refractivity (Wildman–Crippen MR) is 121 cm³/mol. The lowest BCUT2D eigenvalue weighted by molar-refractivity contribution is 0.0926. The summed E-state index contributed by atoms with van der Waals surface area (Å²) in [7, 11) is 0. The Labute approximate surface area is 187 Å². The van der Waals surface area contributed by atoms with Crippen LogP contribution in [-0.2, 0) is 4.74 Å². The molecular weight excluding hydrogens is 408 g/mol. The number of hydrogen-bond acceptors (Lipinski definition) is 5. The average molecular weight is 437 g/mol. The highest BCUT2D eigenvalue weighted by Gasteiger charge is 2.33. The van der Waals surface area contributed by atoms with Crippen molar-refractivity contribution in [3.05, 3.63) is 59.7 Å². The Bertz CT molecular complexity index is 986. The highest BCUT2D eigenvalue weighted by atomic mass is 16.6. The molecule has 4 N–H and O–H groups in total. The van der Waals surface area contributed by atoms with Gasteiger partial charge in [0.2, 0.25) is 0 Å². The summed E-state index contributed by atoms with van der Waals surface area (Å²) in [6, 6.07) is 14.2. The lowest BCUT2D eigenvalue weighted by Gasteiger charge is -2.22. The predicted octanol–water partition coefficient (Wildman–Crippen LogP) is 3.44. The van der Waals surface area contributed by atoms with E-state index in [1.54, 1.807) is 48.5 Å². The molecule has 8 nitrogen and oxygen atoms in total. The molecule has 2 aliphatic rings. The van der Waals surface area contributed by atoms with Crippen molar-refractivity contribution in [1.29, 1.82) is 5.41 Å². The number of rotatable bonds is 7. The molecular formula is C24H28N4O4. The molecule has 1 saturated heterocycles. The summed E-state index contributed by atoms with van der Waals surface area (Å²) in [5, 5.41) is 10.6. The van der Waals surface area contributed by atoms with E-state index in [4.69, 9.17) is 20.6 Å². The Hall–Kier alpha value is -3.55. The maximum atomic E-state index is 12.6. The molecule has 1 aliphatic carbocycles. The first-order chi connectivity index (χ1) is 15.5. The van der Waals surface area contributed by atoms with Gasteiger partial charge in [-0.1, -0.05) is 25.3 Å². The second-order valence-corrected chi connectivity index (χ2v) is 8.22. The lowest BCUT2D eigenvalue weighted by atomic mass is 9.95. The van der Waals surface area contributed by atoms with Crippen molar-refractivity contribution in [2.24, 2.45) is 5.73 Å². The van der Waals surface area contributed by atoms with Crippen LogP contribution in [-0.4, -0.2) is 43.1 Å². The van der Waals surface area contributed by atoms with Crippen molar-refractivity contribution in [1.82, 2.24) is 5.32 Å². The zero-order valence-electron chi connectivity index (χ0n) is 17.9. The molecule has 1 saturated carbocycles. The van der Waals surface area contributed by atoms with Crippen LogP contribution in [0, 0.1) is 5.41 Å². The van der Waals surface area contributed by atoms with Crippen LogP contribution >= 0.6 is 0 Å². The third-order valence-corrected chi connectivity index (χ3v) is 5.84. The molecule has 2 aromatic rings. The molecule has 8 heteroatoms. The second-order valence-electron chi connectivity index (χ2n) is 8.22. The Morgan fingerprint density at radius 1 is 1.12 bits per heavy atom. The molecule has 2 amide bonds. The van der Waals surface area contributed by atoms with E-state index in [0.717, 1.165) is 25.7 Å². The molecule has 32 heavy (non-hydrogen) atoms. The molecule has 168 valence electrons. The van der Waals surface area contributed by atoms with E-state index in [2.05, 4.69) is 5.32 Å². The van der Waals surface area contributed by atoms with Gasteiger partial charge < -0.3 is 20.5 Å². The first-order valence-corrected chi connectivity index (χ1v) is 11.0. The fraction of sp³-hybridized carbons (Fsp3) is 0.375. The SMILES string of the molecule is N=C(N)c1ccc(N2CC(COc3cccc(C(=O)NC4CCCCC4)c3)OC2=O)cc1. The molecule has 2 aromatic carbocycles. The number of benzene rings is 2. The molecule has 0 radical (unpaired) electrons.